The highest BCUT2D eigenvalue weighted by Crippen LogP contribution is 2.26. The molecule has 0 aliphatic heterocycles. The van der Waals surface area contributed by atoms with Gasteiger partial charge >= 0.3 is 5.97 Å². The zero-order valence-corrected chi connectivity index (χ0v) is 17.0. The van der Waals surface area contributed by atoms with Crippen molar-refractivity contribution < 1.29 is 27.7 Å². The van der Waals surface area contributed by atoms with E-state index < -0.39 is 33.4 Å². The molecule has 0 unspecified atom stereocenters. The first-order valence-corrected chi connectivity index (χ1v) is 9.93. The van der Waals surface area contributed by atoms with Crippen LogP contribution >= 0.6 is 23.2 Å². The van der Waals surface area contributed by atoms with Crippen LogP contribution in [-0.2, 0) is 19.6 Å². The lowest BCUT2D eigenvalue weighted by Gasteiger charge is -2.10. The second-order valence-electron chi connectivity index (χ2n) is 5.39. The smallest absolute Gasteiger partial charge is 0.340 e. The maximum Gasteiger partial charge on any atom is 0.340 e. The maximum absolute atomic E-state index is 12.2. The van der Waals surface area contributed by atoms with Gasteiger partial charge in [-0.15, -0.1) is 0 Å². The molecule has 0 bridgehead atoms. The molecular formula is C16H13Cl2N3O7S. The third kappa shape index (κ3) is 5.64. The van der Waals surface area contributed by atoms with Gasteiger partial charge in [-0.25, -0.2) is 17.9 Å². The third-order valence-electron chi connectivity index (χ3n) is 3.51. The molecule has 0 aliphatic rings. The van der Waals surface area contributed by atoms with Gasteiger partial charge in [0.05, 0.1) is 31.1 Å². The monoisotopic (exact) mass is 461 g/mol. The standard InChI is InChI=1S/C16H13Cl2N3O7S/c1-19-29(26,27)10-3-4-12(17)11(7-10)16(23)28-8-15(22)20-14-5-2-9(21(24)25)6-13(14)18/h2-7,19H,8H2,1H3,(H,20,22). The Bertz CT molecular complexity index is 1090. The molecule has 0 aromatic heterocycles. The number of carbonyl (C=O) groups excluding carboxylic acids is 2. The summed E-state index contributed by atoms with van der Waals surface area (Å²) in [7, 11) is -2.61. The van der Waals surface area contributed by atoms with Crippen molar-refractivity contribution in [3.05, 3.63) is 62.1 Å². The fraction of sp³-hybridized carbons (Fsp3) is 0.125. The van der Waals surface area contributed by atoms with Gasteiger partial charge in [0.2, 0.25) is 10.0 Å². The summed E-state index contributed by atoms with van der Waals surface area (Å²) in [5.74, 6) is -1.79. The highest BCUT2D eigenvalue weighted by molar-refractivity contribution is 7.89. The van der Waals surface area contributed by atoms with E-state index in [1.165, 1.54) is 25.2 Å². The van der Waals surface area contributed by atoms with E-state index in [2.05, 4.69) is 10.0 Å². The number of halogens is 2. The fourth-order valence-electron chi connectivity index (χ4n) is 2.06. The SMILES string of the molecule is CNS(=O)(=O)c1ccc(Cl)c(C(=O)OCC(=O)Nc2ccc([N+](=O)[O-])cc2Cl)c1. The average molecular weight is 462 g/mol. The quantitative estimate of drug-likeness (QED) is 0.366. The van der Waals surface area contributed by atoms with Crippen LogP contribution in [0.15, 0.2) is 41.3 Å². The zero-order chi connectivity index (χ0) is 21.8. The number of nitrogens with zero attached hydrogens (tertiary/aromatic N) is 1. The molecule has 0 heterocycles. The summed E-state index contributed by atoms with van der Waals surface area (Å²) < 4.78 is 30.6. The number of nitro groups is 1. The maximum atomic E-state index is 12.2. The summed E-state index contributed by atoms with van der Waals surface area (Å²) >= 11 is 11.8. The lowest BCUT2D eigenvalue weighted by Crippen LogP contribution is -2.22. The van der Waals surface area contributed by atoms with Crippen LogP contribution < -0.4 is 10.0 Å². The molecule has 154 valence electrons. The number of nitrogens with one attached hydrogen (secondary N) is 2. The number of esters is 1. The second kappa shape index (κ2) is 9.18. The number of carbonyl (C=O) groups is 2. The summed E-state index contributed by atoms with van der Waals surface area (Å²) in [6, 6.07) is 6.84. The van der Waals surface area contributed by atoms with Crippen molar-refractivity contribution in [1.82, 2.24) is 4.72 Å². The van der Waals surface area contributed by atoms with E-state index in [4.69, 9.17) is 27.9 Å². The minimum atomic E-state index is -3.82. The Morgan fingerprint density at radius 2 is 1.83 bits per heavy atom. The largest absolute Gasteiger partial charge is 0.452 e. The van der Waals surface area contributed by atoms with Crippen LogP contribution in [-0.4, -0.2) is 38.9 Å². The van der Waals surface area contributed by atoms with Crippen molar-refractivity contribution in [3.8, 4) is 0 Å². The van der Waals surface area contributed by atoms with E-state index in [9.17, 15) is 28.1 Å². The molecular weight excluding hydrogens is 449 g/mol. The van der Waals surface area contributed by atoms with Gasteiger partial charge in [0.15, 0.2) is 6.61 Å². The number of hydrogen-bond donors (Lipinski definition) is 2. The molecule has 10 nitrogen and oxygen atoms in total. The van der Waals surface area contributed by atoms with Crippen molar-refractivity contribution >= 4 is 56.5 Å². The van der Waals surface area contributed by atoms with E-state index in [1.54, 1.807) is 0 Å². The van der Waals surface area contributed by atoms with Crippen molar-refractivity contribution in [1.29, 1.82) is 0 Å². The summed E-state index contributed by atoms with van der Waals surface area (Å²) in [4.78, 5) is 34.0. The number of ether oxygens (including phenoxy) is 1. The Labute approximate surface area is 175 Å². The number of anilines is 1. The first-order chi connectivity index (χ1) is 13.5. The molecule has 0 saturated carbocycles. The Balaban J connectivity index is 2.07. The molecule has 29 heavy (non-hydrogen) atoms. The van der Waals surface area contributed by atoms with Gasteiger partial charge in [-0.2, -0.15) is 0 Å². The number of nitro benzene ring substituents is 1. The molecule has 0 radical (unpaired) electrons. The molecule has 2 aromatic carbocycles. The van der Waals surface area contributed by atoms with Crippen LogP contribution in [0.5, 0.6) is 0 Å². The van der Waals surface area contributed by atoms with Crippen molar-refractivity contribution in [3.63, 3.8) is 0 Å². The van der Waals surface area contributed by atoms with Crippen LogP contribution in [0.2, 0.25) is 10.0 Å². The highest BCUT2D eigenvalue weighted by atomic mass is 35.5. The first kappa shape index (κ1) is 22.6. The molecule has 0 spiro atoms. The molecule has 13 heteroatoms. The normalized spacial score (nSPS) is 11.0. The predicted octanol–water partition coefficient (Wildman–Crippen LogP) is 2.61. The van der Waals surface area contributed by atoms with Gasteiger partial charge in [0.25, 0.3) is 11.6 Å². The summed E-state index contributed by atoms with van der Waals surface area (Å²) in [5, 5.41) is 12.9. The van der Waals surface area contributed by atoms with Crippen molar-refractivity contribution in [2.75, 3.05) is 19.0 Å². The Hall–Kier alpha value is -2.73. The molecule has 2 aromatic rings. The van der Waals surface area contributed by atoms with E-state index in [0.717, 1.165) is 18.2 Å². The van der Waals surface area contributed by atoms with Crippen LogP contribution in [0.1, 0.15) is 10.4 Å². The average Bonchev–Trinajstić information content (AvgIpc) is 2.67. The lowest BCUT2D eigenvalue weighted by atomic mass is 10.2. The van der Waals surface area contributed by atoms with E-state index in [1.807, 2.05) is 0 Å². The number of hydrogen-bond acceptors (Lipinski definition) is 7. The Morgan fingerprint density at radius 3 is 2.41 bits per heavy atom. The van der Waals surface area contributed by atoms with E-state index in [-0.39, 0.29) is 31.9 Å². The second-order valence-corrected chi connectivity index (χ2v) is 8.10. The zero-order valence-electron chi connectivity index (χ0n) is 14.6. The van der Waals surface area contributed by atoms with E-state index in [0.29, 0.717) is 0 Å². The predicted molar refractivity (Wildman–Crippen MR) is 105 cm³/mol. The highest BCUT2D eigenvalue weighted by Gasteiger charge is 2.19. The third-order valence-corrected chi connectivity index (χ3v) is 5.56. The fourth-order valence-corrected chi connectivity index (χ4v) is 3.23. The number of benzene rings is 2. The van der Waals surface area contributed by atoms with Crippen molar-refractivity contribution in [2.45, 2.75) is 4.90 Å². The number of sulfonamides is 1. The van der Waals surface area contributed by atoms with Gasteiger partial charge in [-0.05, 0) is 31.3 Å². The molecule has 0 saturated heterocycles. The minimum Gasteiger partial charge on any atom is -0.452 e. The van der Waals surface area contributed by atoms with Gasteiger partial charge in [-0.1, -0.05) is 23.2 Å². The summed E-state index contributed by atoms with van der Waals surface area (Å²) in [5.41, 5.74) is -0.423. The molecule has 0 aliphatic carbocycles. The van der Waals surface area contributed by atoms with Gasteiger partial charge in [0, 0.05) is 12.1 Å². The van der Waals surface area contributed by atoms with Crippen molar-refractivity contribution in [2.24, 2.45) is 0 Å². The Kier molecular flexibility index (Phi) is 7.14. The molecule has 1 amide bonds. The van der Waals surface area contributed by atoms with Gasteiger partial charge in [-0.3, -0.25) is 14.9 Å². The summed E-state index contributed by atoms with van der Waals surface area (Å²) in [6.07, 6.45) is 0. The van der Waals surface area contributed by atoms with Crippen LogP contribution in [0, 0.1) is 10.1 Å². The summed E-state index contributed by atoms with van der Waals surface area (Å²) in [6.45, 7) is -0.731. The molecule has 0 atom stereocenters. The van der Waals surface area contributed by atoms with Crippen LogP contribution in [0.25, 0.3) is 0 Å². The first-order valence-electron chi connectivity index (χ1n) is 7.69. The van der Waals surface area contributed by atoms with Gasteiger partial charge < -0.3 is 10.1 Å². The topological polar surface area (TPSA) is 145 Å². The Morgan fingerprint density at radius 1 is 1.14 bits per heavy atom. The number of non-ortho nitro benzene ring substituents is 1. The van der Waals surface area contributed by atoms with E-state index >= 15 is 0 Å². The molecule has 2 rings (SSSR count). The van der Waals surface area contributed by atoms with Crippen LogP contribution in [0.4, 0.5) is 11.4 Å². The van der Waals surface area contributed by atoms with Crippen LogP contribution in [0.3, 0.4) is 0 Å². The molecule has 0 fully saturated rings. The lowest BCUT2D eigenvalue weighted by molar-refractivity contribution is -0.384. The number of rotatable bonds is 7. The van der Waals surface area contributed by atoms with Gasteiger partial charge in [0.1, 0.15) is 0 Å². The molecule has 2 N–H and O–H groups in total. The minimum absolute atomic E-state index is 0.0659. The number of amides is 1.